The second kappa shape index (κ2) is 5.33. The summed E-state index contributed by atoms with van der Waals surface area (Å²) < 4.78 is 6.82. The lowest BCUT2D eigenvalue weighted by molar-refractivity contribution is -0.434. The predicted octanol–water partition coefficient (Wildman–Crippen LogP) is 4.51. The normalized spacial score (nSPS) is 16.7. The van der Waals surface area contributed by atoms with Crippen molar-refractivity contribution < 1.29 is 9.66 Å². The number of fused-ring (bicyclic) bond motifs is 1. The van der Waals surface area contributed by atoms with Gasteiger partial charge in [0.05, 0.1) is 4.92 Å². The van der Waals surface area contributed by atoms with Crippen molar-refractivity contribution in [1.82, 2.24) is 0 Å². The topological polar surface area (TPSA) is 52.4 Å². The SMILES string of the molecule is Cc1cc(Br)cc2c1OC(c1ccccc1)C([N+](=O)[O-])=C2. The van der Waals surface area contributed by atoms with E-state index in [-0.39, 0.29) is 10.6 Å². The molecule has 3 rings (SSSR count). The van der Waals surface area contributed by atoms with E-state index in [4.69, 9.17) is 4.74 Å². The zero-order chi connectivity index (χ0) is 15.0. The van der Waals surface area contributed by atoms with Gasteiger partial charge in [-0.05, 0) is 24.6 Å². The molecule has 0 saturated heterocycles. The van der Waals surface area contributed by atoms with E-state index in [1.54, 1.807) is 6.08 Å². The van der Waals surface area contributed by atoms with Gasteiger partial charge in [0, 0.05) is 21.7 Å². The molecule has 106 valence electrons. The molecule has 1 heterocycles. The summed E-state index contributed by atoms with van der Waals surface area (Å²) in [6.45, 7) is 1.93. The minimum absolute atomic E-state index is 0.0474. The zero-order valence-corrected chi connectivity index (χ0v) is 12.8. The van der Waals surface area contributed by atoms with Gasteiger partial charge >= 0.3 is 0 Å². The number of nitro groups is 1. The molecule has 0 amide bonds. The first kappa shape index (κ1) is 13.8. The molecule has 1 unspecified atom stereocenters. The lowest BCUT2D eigenvalue weighted by Gasteiger charge is -2.24. The van der Waals surface area contributed by atoms with Gasteiger partial charge in [0.15, 0.2) is 0 Å². The molecule has 0 aliphatic carbocycles. The molecule has 1 atom stereocenters. The third kappa shape index (κ3) is 2.56. The number of halogens is 1. The molecule has 4 nitrogen and oxygen atoms in total. The van der Waals surface area contributed by atoms with Gasteiger partial charge in [-0.25, -0.2) is 0 Å². The molecule has 2 aromatic rings. The van der Waals surface area contributed by atoms with Crippen molar-refractivity contribution >= 4 is 22.0 Å². The lowest BCUT2D eigenvalue weighted by atomic mass is 9.99. The standard InChI is InChI=1S/C16H12BrNO3/c1-10-7-13(17)8-12-9-14(18(19)20)16(21-15(10)12)11-5-3-2-4-6-11/h2-9,16H,1H3. The van der Waals surface area contributed by atoms with Gasteiger partial charge in [-0.3, -0.25) is 10.1 Å². The molecule has 0 fully saturated rings. The molecule has 0 aromatic heterocycles. The molecule has 0 radical (unpaired) electrons. The predicted molar refractivity (Wildman–Crippen MR) is 83.7 cm³/mol. The summed E-state index contributed by atoms with van der Waals surface area (Å²) in [5.41, 5.74) is 2.49. The lowest BCUT2D eigenvalue weighted by Crippen LogP contribution is -2.20. The zero-order valence-electron chi connectivity index (χ0n) is 11.2. The summed E-state index contributed by atoms with van der Waals surface area (Å²) in [6.07, 6.45) is 0.905. The summed E-state index contributed by atoms with van der Waals surface area (Å²) >= 11 is 3.40. The minimum Gasteiger partial charge on any atom is -0.473 e. The number of benzene rings is 2. The van der Waals surface area contributed by atoms with Gasteiger partial charge in [-0.1, -0.05) is 46.3 Å². The van der Waals surface area contributed by atoms with Gasteiger partial charge in [0.1, 0.15) is 5.75 Å². The smallest absolute Gasteiger partial charge is 0.291 e. The highest BCUT2D eigenvalue weighted by Crippen LogP contribution is 2.40. The van der Waals surface area contributed by atoms with Crippen LogP contribution in [0.15, 0.2) is 52.6 Å². The second-order valence-corrected chi connectivity index (χ2v) is 5.79. The third-order valence-corrected chi connectivity index (χ3v) is 3.85. The van der Waals surface area contributed by atoms with Crippen molar-refractivity contribution in [2.24, 2.45) is 0 Å². The van der Waals surface area contributed by atoms with E-state index in [0.29, 0.717) is 5.75 Å². The Bertz CT molecular complexity index is 741. The summed E-state index contributed by atoms with van der Waals surface area (Å²) in [7, 11) is 0. The summed E-state index contributed by atoms with van der Waals surface area (Å²) in [5.74, 6) is 0.692. The van der Waals surface area contributed by atoms with Crippen molar-refractivity contribution in [3.63, 3.8) is 0 Å². The number of hydrogen-bond acceptors (Lipinski definition) is 3. The van der Waals surface area contributed by atoms with Crippen molar-refractivity contribution in [2.45, 2.75) is 13.0 Å². The van der Waals surface area contributed by atoms with Gasteiger partial charge < -0.3 is 4.74 Å². The molecule has 1 aliphatic rings. The van der Waals surface area contributed by atoms with Crippen molar-refractivity contribution in [1.29, 1.82) is 0 Å². The Hall–Kier alpha value is -2.14. The van der Waals surface area contributed by atoms with Crippen LogP contribution < -0.4 is 4.74 Å². The molecule has 0 bridgehead atoms. The Morgan fingerprint density at radius 3 is 2.62 bits per heavy atom. The van der Waals surface area contributed by atoms with E-state index in [1.165, 1.54) is 0 Å². The van der Waals surface area contributed by atoms with Gasteiger partial charge in [0.25, 0.3) is 5.70 Å². The third-order valence-electron chi connectivity index (χ3n) is 3.39. The van der Waals surface area contributed by atoms with Gasteiger partial charge in [-0.15, -0.1) is 0 Å². The first-order valence-electron chi connectivity index (χ1n) is 6.44. The summed E-state index contributed by atoms with van der Waals surface area (Å²) in [6, 6.07) is 13.0. The van der Waals surface area contributed by atoms with Crippen molar-refractivity contribution in [3.05, 3.63) is 79.4 Å². The van der Waals surface area contributed by atoms with E-state index in [9.17, 15) is 10.1 Å². The second-order valence-electron chi connectivity index (χ2n) is 4.88. The van der Waals surface area contributed by atoms with Crippen LogP contribution in [0.4, 0.5) is 0 Å². The van der Waals surface area contributed by atoms with Crippen LogP contribution in [0.25, 0.3) is 6.08 Å². The first-order valence-corrected chi connectivity index (χ1v) is 7.23. The Labute approximate surface area is 130 Å². The van der Waals surface area contributed by atoms with E-state index in [2.05, 4.69) is 15.9 Å². The van der Waals surface area contributed by atoms with Crippen LogP contribution in [0.1, 0.15) is 22.8 Å². The number of hydrogen-bond donors (Lipinski definition) is 0. The fourth-order valence-electron chi connectivity index (χ4n) is 2.45. The molecule has 0 saturated carbocycles. The highest BCUT2D eigenvalue weighted by Gasteiger charge is 2.33. The number of rotatable bonds is 2. The molecule has 0 N–H and O–H groups in total. The Balaban J connectivity index is 2.15. The van der Waals surface area contributed by atoms with Crippen molar-refractivity contribution in [2.75, 3.05) is 0 Å². The largest absolute Gasteiger partial charge is 0.473 e. The van der Waals surface area contributed by atoms with E-state index >= 15 is 0 Å². The summed E-state index contributed by atoms with van der Waals surface area (Å²) in [5, 5.41) is 11.4. The quantitative estimate of drug-likeness (QED) is 0.594. The van der Waals surface area contributed by atoms with Crippen LogP contribution in [0, 0.1) is 17.0 Å². The maximum absolute atomic E-state index is 11.4. The van der Waals surface area contributed by atoms with E-state index in [1.807, 2.05) is 49.4 Å². The van der Waals surface area contributed by atoms with E-state index < -0.39 is 6.10 Å². The fourth-order valence-corrected chi connectivity index (χ4v) is 3.04. The van der Waals surface area contributed by atoms with Crippen LogP contribution in [0.5, 0.6) is 5.75 Å². The molecular weight excluding hydrogens is 334 g/mol. The highest BCUT2D eigenvalue weighted by molar-refractivity contribution is 9.10. The molecule has 0 spiro atoms. The van der Waals surface area contributed by atoms with Crippen LogP contribution in [0.3, 0.4) is 0 Å². The van der Waals surface area contributed by atoms with Gasteiger partial charge in [0.2, 0.25) is 6.10 Å². The van der Waals surface area contributed by atoms with Crippen LogP contribution in [0.2, 0.25) is 0 Å². The molecule has 1 aliphatic heterocycles. The first-order chi connectivity index (χ1) is 10.1. The Morgan fingerprint density at radius 2 is 1.95 bits per heavy atom. The maximum atomic E-state index is 11.4. The van der Waals surface area contributed by atoms with Gasteiger partial charge in [-0.2, -0.15) is 0 Å². The molecule has 21 heavy (non-hydrogen) atoms. The Morgan fingerprint density at radius 1 is 1.24 bits per heavy atom. The van der Waals surface area contributed by atoms with Crippen LogP contribution in [-0.2, 0) is 0 Å². The minimum atomic E-state index is -0.687. The van der Waals surface area contributed by atoms with Crippen LogP contribution >= 0.6 is 15.9 Å². The van der Waals surface area contributed by atoms with E-state index in [0.717, 1.165) is 21.2 Å². The maximum Gasteiger partial charge on any atom is 0.291 e. The molecular formula is C16H12BrNO3. The monoisotopic (exact) mass is 345 g/mol. The number of nitrogens with zero attached hydrogens (tertiary/aromatic N) is 1. The summed E-state index contributed by atoms with van der Waals surface area (Å²) in [4.78, 5) is 11.0. The Kier molecular flexibility index (Phi) is 3.51. The van der Waals surface area contributed by atoms with Crippen LogP contribution in [-0.4, -0.2) is 4.92 Å². The molecule has 5 heteroatoms. The highest BCUT2D eigenvalue weighted by atomic mass is 79.9. The average Bonchev–Trinajstić information content (AvgIpc) is 2.46. The molecule has 2 aromatic carbocycles. The number of ether oxygens (including phenoxy) is 1. The average molecular weight is 346 g/mol. The van der Waals surface area contributed by atoms with Crippen molar-refractivity contribution in [3.8, 4) is 5.75 Å². The fraction of sp³-hybridized carbons (Fsp3) is 0.125. The number of aryl methyl sites for hydroxylation is 1.